The van der Waals surface area contributed by atoms with Gasteiger partial charge in [-0.15, -0.1) is 0 Å². The molecule has 0 aliphatic heterocycles. The Bertz CT molecular complexity index is 446. The first-order valence-electron chi connectivity index (χ1n) is 8.39. The summed E-state index contributed by atoms with van der Waals surface area (Å²) in [5.41, 5.74) is 0.00660. The molecule has 0 amide bonds. The second kappa shape index (κ2) is 9.50. The average molecular weight is 306 g/mol. The summed E-state index contributed by atoms with van der Waals surface area (Å²) in [6.07, 6.45) is 7.32. The van der Waals surface area contributed by atoms with Crippen LogP contribution in [0, 0.1) is 0 Å². The van der Waals surface area contributed by atoms with E-state index in [1.54, 1.807) is 6.07 Å². The van der Waals surface area contributed by atoms with Crippen LogP contribution in [-0.2, 0) is 4.74 Å². The molecular formula is C19H30O3. The molecule has 0 fully saturated rings. The number of hydrogen-bond donors (Lipinski definition) is 0. The maximum Gasteiger partial charge on any atom is 0.342 e. The van der Waals surface area contributed by atoms with E-state index in [1.165, 1.54) is 32.1 Å². The molecule has 0 atom stereocenters. The third-order valence-electron chi connectivity index (χ3n) is 3.26. The molecule has 0 saturated heterocycles. The molecule has 1 rings (SSSR count). The summed E-state index contributed by atoms with van der Waals surface area (Å²) in [4.78, 5) is 12.2. The Kier molecular flexibility index (Phi) is 8.00. The second-order valence-corrected chi connectivity index (χ2v) is 6.61. The number of hydrogen-bond acceptors (Lipinski definition) is 3. The highest BCUT2D eigenvalue weighted by Gasteiger charge is 2.20. The van der Waals surface area contributed by atoms with E-state index in [4.69, 9.17) is 9.47 Å². The standard InChI is InChI=1S/C19H30O3/c1-5-6-7-8-9-12-15-21-17-14-11-10-13-16(17)18(20)22-19(2,3)4/h10-11,13-14H,5-9,12,15H2,1-4H3. The molecule has 0 heterocycles. The predicted octanol–water partition coefficient (Wildman–Crippen LogP) is 5.38. The fourth-order valence-electron chi connectivity index (χ4n) is 2.16. The van der Waals surface area contributed by atoms with Gasteiger partial charge in [-0.25, -0.2) is 4.79 Å². The van der Waals surface area contributed by atoms with Crippen molar-refractivity contribution in [3.8, 4) is 5.75 Å². The van der Waals surface area contributed by atoms with Crippen LogP contribution in [0.4, 0.5) is 0 Å². The van der Waals surface area contributed by atoms with Crippen LogP contribution in [0.2, 0.25) is 0 Å². The van der Waals surface area contributed by atoms with Crippen molar-refractivity contribution in [3.05, 3.63) is 29.8 Å². The molecule has 1 aromatic carbocycles. The van der Waals surface area contributed by atoms with E-state index in [0.717, 1.165) is 6.42 Å². The van der Waals surface area contributed by atoms with Crippen molar-refractivity contribution in [3.63, 3.8) is 0 Å². The summed E-state index contributed by atoms with van der Waals surface area (Å²) in [5, 5.41) is 0. The Morgan fingerprint density at radius 2 is 1.64 bits per heavy atom. The van der Waals surface area contributed by atoms with Crippen molar-refractivity contribution < 1.29 is 14.3 Å². The van der Waals surface area contributed by atoms with Gasteiger partial charge >= 0.3 is 5.97 Å². The molecule has 0 unspecified atom stereocenters. The van der Waals surface area contributed by atoms with Gasteiger partial charge in [-0.05, 0) is 39.3 Å². The molecule has 1 aromatic rings. The topological polar surface area (TPSA) is 35.5 Å². The number of carbonyl (C=O) groups excluding carboxylic acids is 1. The van der Waals surface area contributed by atoms with Crippen LogP contribution in [0.25, 0.3) is 0 Å². The number of benzene rings is 1. The largest absolute Gasteiger partial charge is 0.493 e. The smallest absolute Gasteiger partial charge is 0.342 e. The maximum atomic E-state index is 12.2. The van der Waals surface area contributed by atoms with Crippen LogP contribution in [0.1, 0.15) is 76.6 Å². The monoisotopic (exact) mass is 306 g/mol. The van der Waals surface area contributed by atoms with Crippen molar-refractivity contribution in [2.75, 3.05) is 6.61 Å². The molecule has 0 N–H and O–H groups in total. The van der Waals surface area contributed by atoms with E-state index in [-0.39, 0.29) is 5.97 Å². The third-order valence-corrected chi connectivity index (χ3v) is 3.26. The molecule has 0 aliphatic rings. The first-order valence-corrected chi connectivity index (χ1v) is 8.39. The van der Waals surface area contributed by atoms with E-state index in [9.17, 15) is 4.79 Å². The lowest BCUT2D eigenvalue weighted by molar-refractivity contribution is 0.00658. The van der Waals surface area contributed by atoms with Gasteiger partial charge in [-0.2, -0.15) is 0 Å². The second-order valence-electron chi connectivity index (χ2n) is 6.61. The molecule has 124 valence electrons. The van der Waals surface area contributed by atoms with Crippen molar-refractivity contribution in [1.29, 1.82) is 0 Å². The zero-order valence-corrected chi connectivity index (χ0v) is 14.5. The summed E-state index contributed by atoms with van der Waals surface area (Å²) < 4.78 is 11.2. The van der Waals surface area contributed by atoms with Crippen molar-refractivity contribution >= 4 is 5.97 Å². The van der Waals surface area contributed by atoms with Gasteiger partial charge in [-0.3, -0.25) is 0 Å². The quantitative estimate of drug-likeness (QED) is 0.454. The number of esters is 1. The Labute approximate surface area is 135 Å². The van der Waals surface area contributed by atoms with Crippen LogP contribution < -0.4 is 4.74 Å². The van der Waals surface area contributed by atoms with Crippen LogP contribution in [0.5, 0.6) is 5.75 Å². The minimum absolute atomic E-state index is 0.328. The van der Waals surface area contributed by atoms with E-state index in [0.29, 0.717) is 17.9 Å². The number of para-hydroxylation sites is 1. The molecule has 0 spiro atoms. The number of ether oxygens (including phenoxy) is 2. The highest BCUT2D eigenvalue weighted by atomic mass is 16.6. The Morgan fingerprint density at radius 3 is 2.32 bits per heavy atom. The van der Waals surface area contributed by atoms with Crippen molar-refractivity contribution in [1.82, 2.24) is 0 Å². The summed E-state index contributed by atoms with van der Waals surface area (Å²) >= 11 is 0. The van der Waals surface area contributed by atoms with E-state index in [1.807, 2.05) is 39.0 Å². The zero-order valence-electron chi connectivity index (χ0n) is 14.5. The predicted molar refractivity (Wildman–Crippen MR) is 90.5 cm³/mol. The summed E-state index contributed by atoms with van der Waals surface area (Å²) in [6, 6.07) is 7.29. The molecule has 0 saturated carbocycles. The lowest BCUT2D eigenvalue weighted by Crippen LogP contribution is -2.24. The Morgan fingerprint density at radius 1 is 1.00 bits per heavy atom. The van der Waals surface area contributed by atoms with E-state index < -0.39 is 5.60 Å². The van der Waals surface area contributed by atoms with Crippen LogP contribution in [0.3, 0.4) is 0 Å². The number of rotatable bonds is 9. The van der Waals surface area contributed by atoms with Crippen molar-refractivity contribution in [2.45, 2.75) is 71.8 Å². The summed E-state index contributed by atoms with van der Waals surface area (Å²) in [5.74, 6) is 0.288. The van der Waals surface area contributed by atoms with E-state index >= 15 is 0 Å². The first kappa shape index (κ1) is 18.5. The third kappa shape index (κ3) is 7.48. The SMILES string of the molecule is CCCCCCCCOc1ccccc1C(=O)OC(C)(C)C. The molecule has 0 aromatic heterocycles. The minimum atomic E-state index is -0.497. The van der Waals surface area contributed by atoms with E-state index in [2.05, 4.69) is 6.92 Å². The Hall–Kier alpha value is -1.51. The first-order chi connectivity index (χ1) is 10.4. The normalized spacial score (nSPS) is 11.3. The fraction of sp³-hybridized carbons (Fsp3) is 0.632. The van der Waals surface area contributed by atoms with Gasteiger partial charge in [0.1, 0.15) is 16.9 Å². The molecule has 3 heteroatoms. The van der Waals surface area contributed by atoms with Gasteiger partial charge in [0.25, 0.3) is 0 Å². The van der Waals surface area contributed by atoms with Gasteiger partial charge < -0.3 is 9.47 Å². The Balaban J connectivity index is 2.45. The number of unbranched alkanes of at least 4 members (excludes halogenated alkanes) is 5. The van der Waals surface area contributed by atoms with Crippen LogP contribution in [-0.4, -0.2) is 18.2 Å². The zero-order chi connectivity index (χ0) is 16.4. The molecule has 0 aliphatic carbocycles. The fourth-order valence-corrected chi connectivity index (χ4v) is 2.16. The lowest BCUT2D eigenvalue weighted by Gasteiger charge is -2.20. The van der Waals surface area contributed by atoms with Gasteiger partial charge in [0.05, 0.1) is 6.61 Å². The number of carbonyl (C=O) groups is 1. The molecule has 3 nitrogen and oxygen atoms in total. The summed E-state index contributed by atoms with van der Waals surface area (Å²) in [6.45, 7) is 8.46. The van der Waals surface area contributed by atoms with Gasteiger partial charge in [0.15, 0.2) is 0 Å². The highest BCUT2D eigenvalue weighted by Crippen LogP contribution is 2.22. The van der Waals surface area contributed by atoms with Gasteiger partial charge in [-0.1, -0.05) is 51.2 Å². The minimum Gasteiger partial charge on any atom is -0.493 e. The molecule has 22 heavy (non-hydrogen) atoms. The van der Waals surface area contributed by atoms with Crippen LogP contribution in [0.15, 0.2) is 24.3 Å². The average Bonchev–Trinajstić information content (AvgIpc) is 2.45. The van der Waals surface area contributed by atoms with Crippen molar-refractivity contribution in [2.24, 2.45) is 0 Å². The summed E-state index contributed by atoms with van der Waals surface area (Å²) in [7, 11) is 0. The molecular weight excluding hydrogens is 276 g/mol. The highest BCUT2D eigenvalue weighted by molar-refractivity contribution is 5.92. The van der Waals surface area contributed by atoms with Gasteiger partial charge in [0, 0.05) is 0 Å². The molecule has 0 radical (unpaired) electrons. The van der Waals surface area contributed by atoms with Crippen LogP contribution >= 0.6 is 0 Å². The lowest BCUT2D eigenvalue weighted by atomic mass is 10.1. The molecule has 0 bridgehead atoms. The van der Waals surface area contributed by atoms with Gasteiger partial charge in [0.2, 0.25) is 0 Å². The maximum absolute atomic E-state index is 12.2.